The first-order valence-corrected chi connectivity index (χ1v) is 7.87. The Morgan fingerprint density at radius 3 is 2.50 bits per heavy atom. The summed E-state index contributed by atoms with van der Waals surface area (Å²) in [5, 5.41) is 21.3. The van der Waals surface area contributed by atoms with E-state index >= 15 is 0 Å². The molecular formula is C17H22F3NO5. The third-order valence-electron chi connectivity index (χ3n) is 3.63. The van der Waals surface area contributed by atoms with E-state index in [1.165, 1.54) is 26.0 Å². The second-order valence-corrected chi connectivity index (χ2v) is 6.50. The van der Waals surface area contributed by atoms with Crippen molar-refractivity contribution in [3.05, 3.63) is 29.8 Å². The highest BCUT2D eigenvalue weighted by molar-refractivity contribution is 5.84. The maximum atomic E-state index is 12.2. The summed E-state index contributed by atoms with van der Waals surface area (Å²) in [6, 6.07) is 5.09. The first-order chi connectivity index (χ1) is 11.9. The van der Waals surface area contributed by atoms with Crippen molar-refractivity contribution in [3.63, 3.8) is 0 Å². The molecule has 1 aromatic rings. The number of aliphatic hydroxyl groups is 2. The van der Waals surface area contributed by atoms with Gasteiger partial charge in [0.25, 0.3) is 0 Å². The number of hydrogen-bond acceptors (Lipinski definition) is 5. The van der Waals surface area contributed by atoms with Gasteiger partial charge in [-0.3, -0.25) is 9.59 Å². The average Bonchev–Trinajstić information content (AvgIpc) is 2.52. The van der Waals surface area contributed by atoms with Crippen molar-refractivity contribution >= 4 is 11.7 Å². The molecule has 0 aliphatic heterocycles. The third kappa shape index (κ3) is 7.40. The number of benzene rings is 1. The maximum Gasteiger partial charge on any atom is 0.573 e. The SMILES string of the molecule is CC(C)(CO)[C@@H](O)C(=O)NCCC(=O)Cc1cccc(OC(F)(F)F)c1. The molecule has 0 aliphatic carbocycles. The Bertz CT molecular complexity index is 631. The zero-order chi connectivity index (χ0) is 20.0. The predicted molar refractivity (Wildman–Crippen MR) is 86.3 cm³/mol. The van der Waals surface area contributed by atoms with Gasteiger partial charge in [-0.25, -0.2) is 0 Å². The van der Waals surface area contributed by atoms with Crippen LogP contribution in [0.5, 0.6) is 5.75 Å². The summed E-state index contributed by atoms with van der Waals surface area (Å²) in [5.74, 6) is -1.42. The maximum absolute atomic E-state index is 12.2. The molecule has 1 aromatic carbocycles. The van der Waals surface area contributed by atoms with Crippen LogP contribution in [0.2, 0.25) is 0 Å². The number of hydrogen-bond donors (Lipinski definition) is 3. The summed E-state index contributed by atoms with van der Waals surface area (Å²) < 4.78 is 40.3. The summed E-state index contributed by atoms with van der Waals surface area (Å²) in [6.07, 6.45) is -6.41. The van der Waals surface area contributed by atoms with Crippen LogP contribution in [-0.2, 0) is 16.0 Å². The number of alkyl halides is 3. The second kappa shape index (κ2) is 9.00. The zero-order valence-electron chi connectivity index (χ0n) is 14.5. The van der Waals surface area contributed by atoms with Crippen molar-refractivity contribution in [2.24, 2.45) is 5.41 Å². The molecule has 1 amide bonds. The number of carbonyl (C=O) groups is 2. The Morgan fingerprint density at radius 1 is 1.27 bits per heavy atom. The first kappa shape index (κ1) is 21.9. The fourth-order valence-corrected chi connectivity index (χ4v) is 2.03. The summed E-state index contributed by atoms with van der Waals surface area (Å²) >= 11 is 0. The number of amides is 1. The molecule has 0 bridgehead atoms. The van der Waals surface area contributed by atoms with E-state index in [1.54, 1.807) is 0 Å². The van der Waals surface area contributed by atoms with Gasteiger partial charge in [0, 0.05) is 24.8 Å². The number of rotatable bonds is 9. The van der Waals surface area contributed by atoms with E-state index in [4.69, 9.17) is 5.11 Å². The molecule has 0 aliphatic rings. The molecule has 0 unspecified atom stereocenters. The minimum atomic E-state index is -4.81. The summed E-state index contributed by atoms with van der Waals surface area (Å²) in [4.78, 5) is 23.7. The molecule has 0 heterocycles. The standard InChI is InChI=1S/C17H22F3NO5/c1-16(2,10-22)14(24)15(25)21-7-6-12(23)8-11-4-3-5-13(9-11)26-17(18,19)20/h3-5,9,14,22,24H,6-8,10H2,1-2H3,(H,21,25)/t14-/m0/s1. The molecule has 6 nitrogen and oxygen atoms in total. The van der Waals surface area contributed by atoms with Gasteiger partial charge in [0.15, 0.2) is 0 Å². The van der Waals surface area contributed by atoms with E-state index < -0.39 is 36.1 Å². The lowest BCUT2D eigenvalue weighted by atomic mass is 9.87. The Hall–Kier alpha value is -2.13. The number of Topliss-reactive ketones (excluding diaryl/α,β-unsaturated/α-hetero) is 1. The van der Waals surface area contributed by atoms with Gasteiger partial charge in [-0.05, 0) is 17.7 Å². The lowest BCUT2D eigenvalue weighted by molar-refractivity contribution is -0.274. The summed E-state index contributed by atoms with van der Waals surface area (Å²) in [7, 11) is 0. The number of ether oxygens (including phenoxy) is 1. The highest BCUT2D eigenvalue weighted by Crippen LogP contribution is 2.23. The van der Waals surface area contributed by atoms with Gasteiger partial charge in [-0.1, -0.05) is 26.0 Å². The fourth-order valence-electron chi connectivity index (χ4n) is 2.03. The molecule has 1 rings (SSSR count). The Morgan fingerprint density at radius 2 is 1.92 bits per heavy atom. The van der Waals surface area contributed by atoms with E-state index in [0.29, 0.717) is 5.56 Å². The predicted octanol–water partition coefficient (Wildman–Crippen LogP) is 1.58. The van der Waals surface area contributed by atoms with E-state index in [1.807, 2.05) is 0 Å². The molecule has 0 spiro atoms. The van der Waals surface area contributed by atoms with Crippen LogP contribution in [0.4, 0.5) is 13.2 Å². The molecule has 146 valence electrons. The Balaban J connectivity index is 2.48. The minimum Gasteiger partial charge on any atom is -0.406 e. The monoisotopic (exact) mass is 377 g/mol. The number of aliphatic hydroxyl groups excluding tert-OH is 2. The average molecular weight is 377 g/mol. The molecule has 1 atom stereocenters. The van der Waals surface area contributed by atoms with Crippen LogP contribution >= 0.6 is 0 Å². The fraction of sp³-hybridized carbons (Fsp3) is 0.529. The highest BCUT2D eigenvalue weighted by Gasteiger charge is 2.33. The Labute approximate surface area is 149 Å². The van der Waals surface area contributed by atoms with Crippen molar-refractivity contribution in [1.82, 2.24) is 5.32 Å². The van der Waals surface area contributed by atoms with Crippen LogP contribution in [0.15, 0.2) is 24.3 Å². The summed E-state index contributed by atoms with van der Waals surface area (Å²) in [6.45, 7) is 2.60. The van der Waals surface area contributed by atoms with Crippen LogP contribution in [-0.4, -0.2) is 47.5 Å². The molecule has 3 N–H and O–H groups in total. The third-order valence-corrected chi connectivity index (χ3v) is 3.63. The van der Waals surface area contributed by atoms with Gasteiger partial charge in [-0.15, -0.1) is 13.2 Å². The van der Waals surface area contributed by atoms with E-state index in [-0.39, 0.29) is 25.2 Å². The molecule has 26 heavy (non-hydrogen) atoms. The van der Waals surface area contributed by atoms with Gasteiger partial charge in [0.05, 0.1) is 6.61 Å². The molecule has 0 aromatic heterocycles. The number of nitrogens with one attached hydrogen (secondary N) is 1. The number of halogens is 3. The van der Waals surface area contributed by atoms with E-state index in [2.05, 4.69) is 10.1 Å². The lowest BCUT2D eigenvalue weighted by Gasteiger charge is -2.27. The summed E-state index contributed by atoms with van der Waals surface area (Å²) in [5.41, 5.74) is -0.669. The van der Waals surface area contributed by atoms with Gasteiger partial charge < -0.3 is 20.3 Å². The quantitative estimate of drug-likeness (QED) is 0.607. The van der Waals surface area contributed by atoms with Crippen molar-refractivity contribution in [2.75, 3.05) is 13.2 Å². The van der Waals surface area contributed by atoms with Crippen LogP contribution in [0.25, 0.3) is 0 Å². The van der Waals surface area contributed by atoms with Crippen LogP contribution < -0.4 is 10.1 Å². The smallest absolute Gasteiger partial charge is 0.406 e. The van der Waals surface area contributed by atoms with Gasteiger partial charge in [0.2, 0.25) is 5.91 Å². The second-order valence-electron chi connectivity index (χ2n) is 6.50. The number of carbonyl (C=O) groups excluding carboxylic acids is 2. The van der Waals surface area contributed by atoms with Crippen molar-refractivity contribution in [3.8, 4) is 5.75 Å². The van der Waals surface area contributed by atoms with Crippen LogP contribution in [0, 0.1) is 5.41 Å². The van der Waals surface area contributed by atoms with Crippen LogP contribution in [0.3, 0.4) is 0 Å². The van der Waals surface area contributed by atoms with Gasteiger partial charge in [0.1, 0.15) is 17.6 Å². The van der Waals surface area contributed by atoms with Crippen LogP contribution in [0.1, 0.15) is 25.8 Å². The minimum absolute atomic E-state index is 0.0328. The van der Waals surface area contributed by atoms with E-state index in [9.17, 15) is 27.9 Å². The molecule has 0 saturated heterocycles. The molecule has 0 saturated carbocycles. The largest absolute Gasteiger partial charge is 0.573 e. The molecule has 9 heteroatoms. The molecule has 0 fully saturated rings. The number of ketones is 1. The Kier molecular flexibility index (Phi) is 7.58. The molecule has 0 radical (unpaired) electrons. The van der Waals surface area contributed by atoms with Gasteiger partial charge in [-0.2, -0.15) is 0 Å². The van der Waals surface area contributed by atoms with Gasteiger partial charge >= 0.3 is 6.36 Å². The molecular weight excluding hydrogens is 355 g/mol. The van der Waals surface area contributed by atoms with Crippen molar-refractivity contribution in [1.29, 1.82) is 0 Å². The highest BCUT2D eigenvalue weighted by atomic mass is 19.4. The normalized spacial score (nSPS) is 13.2. The zero-order valence-corrected chi connectivity index (χ0v) is 14.5. The van der Waals surface area contributed by atoms with Crippen molar-refractivity contribution < 1.29 is 37.7 Å². The van der Waals surface area contributed by atoms with E-state index in [0.717, 1.165) is 12.1 Å². The lowest BCUT2D eigenvalue weighted by Crippen LogP contribution is -2.46. The topological polar surface area (TPSA) is 95.9 Å². The van der Waals surface area contributed by atoms with Crippen molar-refractivity contribution in [2.45, 2.75) is 39.2 Å². The first-order valence-electron chi connectivity index (χ1n) is 7.87.